The number of rotatable bonds is 6. The first kappa shape index (κ1) is 20.7. The molecule has 2 amide bonds. The normalized spacial score (nSPS) is 16.1. The smallest absolute Gasteiger partial charge is 0.251 e. The average Bonchev–Trinajstić information content (AvgIpc) is 3.37. The number of nitrogens with one attached hydrogen (secondary N) is 2. The molecule has 2 aliphatic rings. The zero-order chi connectivity index (χ0) is 22.9. The van der Waals surface area contributed by atoms with Gasteiger partial charge in [-0.2, -0.15) is 5.10 Å². The molecule has 33 heavy (non-hydrogen) atoms. The Bertz CT molecular complexity index is 1240. The molecule has 10 heteroatoms. The van der Waals surface area contributed by atoms with E-state index in [0.717, 1.165) is 11.1 Å². The van der Waals surface area contributed by atoms with Gasteiger partial charge in [-0.1, -0.05) is 6.07 Å². The number of fused-ring (bicyclic) bond motifs is 2. The number of anilines is 2. The maximum atomic E-state index is 12.7. The summed E-state index contributed by atoms with van der Waals surface area (Å²) in [5.74, 6) is 2.30. The van der Waals surface area contributed by atoms with Crippen molar-refractivity contribution in [2.75, 3.05) is 38.1 Å². The minimum Gasteiger partial charge on any atom is -0.493 e. The van der Waals surface area contributed by atoms with E-state index < -0.39 is 6.04 Å². The molecule has 3 aromatic rings. The number of amides is 2. The highest BCUT2D eigenvalue weighted by Gasteiger charge is 2.35. The van der Waals surface area contributed by atoms with Crippen molar-refractivity contribution in [1.29, 1.82) is 0 Å². The molecule has 2 aromatic carbocycles. The Balaban J connectivity index is 1.33. The maximum Gasteiger partial charge on any atom is 0.251 e. The molecule has 0 spiro atoms. The summed E-state index contributed by atoms with van der Waals surface area (Å²) in [5, 5.41) is 10.0. The Kier molecular flexibility index (Phi) is 5.25. The van der Waals surface area contributed by atoms with E-state index in [1.807, 2.05) is 12.1 Å². The predicted octanol–water partition coefficient (Wildman–Crippen LogP) is 2.86. The van der Waals surface area contributed by atoms with Crippen LogP contribution in [0.25, 0.3) is 11.1 Å². The fraction of sp³-hybridized carbons (Fsp3) is 0.261. The third-order valence-electron chi connectivity index (χ3n) is 5.53. The lowest BCUT2D eigenvalue weighted by atomic mass is 10.1. The lowest BCUT2D eigenvalue weighted by Gasteiger charge is -2.19. The van der Waals surface area contributed by atoms with E-state index >= 15 is 0 Å². The van der Waals surface area contributed by atoms with Crippen LogP contribution in [0.5, 0.6) is 23.0 Å². The predicted molar refractivity (Wildman–Crippen MR) is 119 cm³/mol. The van der Waals surface area contributed by atoms with Gasteiger partial charge in [-0.3, -0.25) is 9.59 Å². The van der Waals surface area contributed by atoms with Crippen LogP contribution in [-0.4, -0.2) is 49.0 Å². The summed E-state index contributed by atoms with van der Waals surface area (Å²) in [6.07, 6.45) is 1.59. The van der Waals surface area contributed by atoms with Gasteiger partial charge in [-0.25, -0.2) is 4.68 Å². The summed E-state index contributed by atoms with van der Waals surface area (Å²) in [5.41, 5.74) is 2.09. The summed E-state index contributed by atoms with van der Waals surface area (Å²) < 4.78 is 23.2. The summed E-state index contributed by atoms with van der Waals surface area (Å²) >= 11 is 0. The Morgan fingerprint density at radius 2 is 1.91 bits per heavy atom. The number of carbonyl (C=O) groups is 2. The molecule has 0 saturated heterocycles. The zero-order valence-corrected chi connectivity index (χ0v) is 18.1. The molecule has 0 aliphatic carbocycles. The van der Waals surface area contributed by atoms with Crippen LogP contribution in [0.3, 0.4) is 0 Å². The van der Waals surface area contributed by atoms with Crippen LogP contribution >= 0.6 is 0 Å². The summed E-state index contributed by atoms with van der Waals surface area (Å²) in [4.78, 5) is 25.3. The van der Waals surface area contributed by atoms with Gasteiger partial charge < -0.3 is 29.6 Å². The Morgan fingerprint density at radius 3 is 2.70 bits per heavy atom. The monoisotopic (exact) mass is 450 g/mol. The van der Waals surface area contributed by atoms with Crippen molar-refractivity contribution in [3.63, 3.8) is 0 Å². The summed E-state index contributed by atoms with van der Waals surface area (Å²) in [7, 11) is 3.12. The first-order valence-electron chi connectivity index (χ1n) is 10.4. The summed E-state index contributed by atoms with van der Waals surface area (Å²) in [6, 6.07) is 9.87. The average molecular weight is 450 g/mol. The van der Waals surface area contributed by atoms with E-state index in [-0.39, 0.29) is 18.2 Å². The third-order valence-corrected chi connectivity index (χ3v) is 5.53. The van der Waals surface area contributed by atoms with Crippen LogP contribution < -0.4 is 29.6 Å². The first-order chi connectivity index (χ1) is 16.1. The topological polar surface area (TPSA) is 113 Å². The van der Waals surface area contributed by atoms with Crippen LogP contribution in [-0.2, 0) is 9.59 Å². The molecule has 0 radical (unpaired) electrons. The van der Waals surface area contributed by atoms with Gasteiger partial charge in [-0.15, -0.1) is 0 Å². The molecule has 0 saturated carbocycles. The van der Waals surface area contributed by atoms with Crippen LogP contribution in [0.15, 0.2) is 42.6 Å². The van der Waals surface area contributed by atoms with E-state index in [2.05, 4.69) is 15.7 Å². The minimum absolute atomic E-state index is 0.0691. The molecule has 0 bridgehead atoms. The standard InChI is InChI=1S/C23H22N4O6/c1-30-17-5-3-13(9-19(17)31-2)15-12-24-27-16(23(29)26-22(15)27)11-21(28)25-14-4-6-18-20(10-14)33-8-7-32-18/h3-6,9-10,12,16H,7-8,11H2,1-2H3,(H,25,28)(H,26,29). The third kappa shape index (κ3) is 3.79. The van der Waals surface area contributed by atoms with Crippen molar-refractivity contribution < 1.29 is 28.5 Å². The Hall–Kier alpha value is -4.21. The van der Waals surface area contributed by atoms with Crippen LogP contribution in [0.4, 0.5) is 11.5 Å². The van der Waals surface area contributed by atoms with Crippen LogP contribution in [0, 0.1) is 0 Å². The lowest BCUT2D eigenvalue weighted by molar-refractivity contribution is -0.123. The number of methoxy groups -OCH3 is 2. The van der Waals surface area contributed by atoms with Gasteiger partial charge in [0.15, 0.2) is 23.0 Å². The van der Waals surface area contributed by atoms with Gasteiger partial charge in [0.05, 0.1) is 26.8 Å². The molecular weight excluding hydrogens is 428 g/mol. The van der Waals surface area contributed by atoms with Crippen molar-refractivity contribution >= 4 is 23.3 Å². The highest BCUT2D eigenvalue weighted by molar-refractivity contribution is 6.04. The number of nitrogens with zero attached hydrogens (tertiary/aromatic N) is 2. The largest absolute Gasteiger partial charge is 0.493 e. The van der Waals surface area contributed by atoms with E-state index in [9.17, 15) is 9.59 Å². The zero-order valence-electron chi connectivity index (χ0n) is 18.1. The Labute approximate surface area is 189 Å². The Morgan fingerprint density at radius 1 is 1.12 bits per heavy atom. The molecule has 1 atom stereocenters. The van der Waals surface area contributed by atoms with Gasteiger partial charge >= 0.3 is 0 Å². The molecule has 2 aliphatic heterocycles. The van der Waals surface area contributed by atoms with E-state index in [4.69, 9.17) is 18.9 Å². The number of benzene rings is 2. The fourth-order valence-corrected chi connectivity index (χ4v) is 3.94. The second-order valence-electron chi connectivity index (χ2n) is 7.54. The SMILES string of the molecule is COc1ccc(-c2cnn3c2NC(=O)C3CC(=O)Nc2ccc3c(c2)OCCO3)cc1OC. The van der Waals surface area contributed by atoms with Gasteiger partial charge in [0.2, 0.25) is 5.91 Å². The lowest BCUT2D eigenvalue weighted by Crippen LogP contribution is -2.23. The molecule has 3 heterocycles. The first-order valence-corrected chi connectivity index (χ1v) is 10.4. The van der Waals surface area contributed by atoms with Gasteiger partial charge in [0.1, 0.15) is 25.1 Å². The van der Waals surface area contributed by atoms with E-state index in [1.165, 1.54) is 4.68 Å². The van der Waals surface area contributed by atoms with Crippen LogP contribution in [0.1, 0.15) is 12.5 Å². The second-order valence-corrected chi connectivity index (χ2v) is 7.54. The molecule has 1 aromatic heterocycles. The van der Waals surface area contributed by atoms with Crippen molar-refractivity contribution in [1.82, 2.24) is 9.78 Å². The van der Waals surface area contributed by atoms with Gasteiger partial charge in [0, 0.05) is 17.3 Å². The number of carbonyl (C=O) groups excluding carboxylic acids is 2. The molecule has 5 rings (SSSR count). The van der Waals surface area contributed by atoms with Crippen molar-refractivity contribution in [2.24, 2.45) is 0 Å². The van der Waals surface area contributed by atoms with E-state index in [1.54, 1.807) is 44.7 Å². The van der Waals surface area contributed by atoms with Gasteiger partial charge in [-0.05, 0) is 29.8 Å². The highest BCUT2D eigenvalue weighted by Crippen LogP contribution is 2.39. The number of ether oxygens (including phenoxy) is 4. The number of aromatic nitrogens is 2. The maximum absolute atomic E-state index is 12.7. The number of hydrogen-bond donors (Lipinski definition) is 2. The van der Waals surface area contributed by atoms with Crippen molar-refractivity contribution in [3.05, 3.63) is 42.6 Å². The molecule has 170 valence electrons. The van der Waals surface area contributed by atoms with Gasteiger partial charge in [0.25, 0.3) is 5.91 Å². The van der Waals surface area contributed by atoms with Crippen molar-refractivity contribution in [2.45, 2.75) is 12.5 Å². The molecular formula is C23H22N4O6. The van der Waals surface area contributed by atoms with Crippen molar-refractivity contribution in [3.8, 4) is 34.1 Å². The highest BCUT2D eigenvalue weighted by atomic mass is 16.6. The molecule has 2 N–H and O–H groups in total. The molecule has 0 fully saturated rings. The summed E-state index contributed by atoms with van der Waals surface area (Å²) in [6.45, 7) is 0.949. The fourth-order valence-electron chi connectivity index (χ4n) is 3.94. The van der Waals surface area contributed by atoms with E-state index in [0.29, 0.717) is 47.7 Å². The number of hydrogen-bond acceptors (Lipinski definition) is 7. The molecule has 10 nitrogen and oxygen atoms in total. The second kappa shape index (κ2) is 8.38. The molecule has 1 unspecified atom stereocenters. The quantitative estimate of drug-likeness (QED) is 0.594. The van der Waals surface area contributed by atoms with Crippen LogP contribution in [0.2, 0.25) is 0 Å². The minimum atomic E-state index is -0.758.